The minimum absolute atomic E-state index is 0.0394. The second-order valence-electron chi connectivity index (χ2n) is 8.02. The molecular weight excluding hydrogens is 354 g/mol. The van der Waals surface area contributed by atoms with E-state index in [4.69, 9.17) is 4.52 Å². The van der Waals surface area contributed by atoms with E-state index in [0.29, 0.717) is 18.7 Å². The zero-order chi connectivity index (χ0) is 20.4. The maximum atomic E-state index is 13.1. The van der Waals surface area contributed by atoms with Crippen molar-refractivity contribution in [3.63, 3.8) is 0 Å². The molecule has 0 radical (unpaired) electrons. The van der Waals surface area contributed by atoms with E-state index in [1.165, 1.54) is 5.56 Å². The highest BCUT2D eigenvalue weighted by atomic mass is 16.5. The van der Waals surface area contributed by atoms with E-state index in [2.05, 4.69) is 29.5 Å². The number of carbonyl (C=O) groups excluding carboxylic acids is 2. The number of hydrogen-bond acceptors (Lipinski definition) is 4. The van der Waals surface area contributed by atoms with Gasteiger partial charge in [-0.3, -0.25) is 9.59 Å². The standard InChI is InChI=1S/C22H29N3O3/c1-13(2)23-21(26)18-8-6-7-9-25(18)22(27)17-12-19(28-24-17)20-15(4)10-14(3)11-16(20)5/h10-13,18H,6-9H2,1-5H3,(H,23,26). The third-order valence-corrected chi connectivity index (χ3v) is 5.15. The Labute approximate surface area is 166 Å². The lowest BCUT2D eigenvalue weighted by Gasteiger charge is -2.34. The number of benzene rings is 1. The average Bonchev–Trinajstić information content (AvgIpc) is 3.09. The second-order valence-corrected chi connectivity index (χ2v) is 8.02. The van der Waals surface area contributed by atoms with Gasteiger partial charge in [0.25, 0.3) is 5.91 Å². The van der Waals surface area contributed by atoms with Gasteiger partial charge in [-0.15, -0.1) is 0 Å². The molecule has 0 bridgehead atoms. The molecule has 1 aromatic carbocycles. The summed E-state index contributed by atoms with van der Waals surface area (Å²) in [5.41, 5.74) is 4.56. The molecule has 0 saturated carbocycles. The van der Waals surface area contributed by atoms with Gasteiger partial charge in [-0.2, -0.15) is 0 Å². The van der Waals surface area contributed by atoms with E-state index in [-0.39, 0.29) is 23.6 Å². The Kier molecular flexibility index (Phi) is 5.87. The lowest BCUT2D eigenvalue weighted by atomic mass is 9.97. The predicted molar refractivity (Wildman–Crippen MR) is 108 cm³/mol. The number of piperidine rings is 1. The number of aromatic nitrogens is 1. The Bertz CT molecular complexity index is 862. The van der Waals surface area contributed by atoms with Crippen molar-refractivity contribution in [2.75, 3.05) is 6.54 Å². The summed E-state index contributed by atoms with van der Waals surface area (Å²) in [6, 6.07) is 5.45. The zero-order valence-electron chi connectivity index (χ0n) is 17.3. The molecule has 1 saturated heterocycles. The smallest absolute Gasteiger partial charge is 0.276 e. The van der Waals surface area contributed by atoms with Gasteiger partial charge in [-0.05, 0) is 65.0 Å². The predicted octanol–water partition coefficient (Wildman–Crippen LogP) is 3.79. The summed E-state index contributed by atoms with van der Waals surface area (Å²) < 4.78 is 5.53. The summed E-state index contributed by atoms with van der Waals surface area (Å²) >= 11 is 0. The third kappa shape index (κ3) is 4.11. The van der Waals surface area contributed by atoms with Crippen LogP contribution in [0.15, 0.2) is 22.7 Å². The third-order valence-electron chi connectivity index (χ3n) is 5.15. The van der Waals surface area contributed by atoms with Crippen molar-refractivity contribution in [2.45, 2.75) is 66.0 Å². The Morgan fingerprint density at radius 3 is 2.46 bits per heavy atom. The van der Waals surface area contributed by atoms with Gasteiger partial charge in [0.05, 0.1) is 0 Å². The van der Waals surface area contributed by atoms with Crippen LogP contribution < -0.4 is 5.32 Å². The van der Waals surface area contributed by atoms with Crippen LogP contribution in [0.2, 0.25) is 0 Å². The highest BCUT2D eigenvalue weighted by Gasteiger charge is 2.34. The SMILES string of the molecule is Cc1cc(C)c(-c2cc(C(=O)N3CCCCC3C(=O)NC(C)C)no2)c(C)c1. The second kappa shape index (κ2) is 8.17. The van der Waals surface area contributed by atoms with Crippen LogP contribution in [0.4, 0.5) is 0 Å². The maximum Gasteiger partial charge on any atom is 0.276 e. The van der Waals surface area contributed by atoms with Crippen molar-refractivity contribution in [3.05, 3.63) is 40.6 Å². The summed E-state index contributed by atoms with van der Waals surface area (Å²) in [5.74, 6) is 0.233. The number of hydrogen-bond donors (Lipinski definition) is 1. The highest BCUT2D eigenvalue weighted by molar-refractivity contribution is 5.97. The molecule has 1 unspecified atom stereocenters. The summed E-state index contributed by atoms with van der Waals surface area (Å²) in [6.07, 6.45) is 2.50. The van der Waals surface area contributed by atoms with Gasteiger partial charge >= 0.3 is 0 Å². The molecule has 0 spiro atoms. The first-order valence-corrected chi connectivity index (χ1v) is 9.94. The average molecular weight is 383 g/mol. The molecule has 6 nitrogen and oxygen atoms in total. The molecule has 1 fully saturated rings. The number of rotatable bonds is 4. The molecule has 0 aliphatic carbocycles. The van der Waals surface area contributed by atoms with E-state index in [1.807, 2.05) is 27.7 Å². The lowest BCUT2D eigenvalue weighted by Crippen LogP contribution is -2.53. The molecule has 6 heteroatoms. The van der Waals surface area contributed by atoms with Crippen LogP contribution in [0.1, 0.15) is 60.3 Å². The molecule has 2 heterocycles. The fourth-order valence-electron chi connectivity index (χ4n) is 4.04. The quantitative estimate of drug-likeness (QED) is 0.872. The van der Waals surface area contributed by atoms with Crippen LogP contribution in [-0.4, -0.2) is 40.5 Å². The molecule has 3 rings (SSSR count). The normalized spacial score (nSPS) is 17.1. The first kappa shape index (κ1) is 20.1. The van der Waals surface area contributed by atoms with Crippen molar-refractivity contribution in [3.8, 4) is 11.3 Å². The Morgan fingerprint density at radius 1 is 1.14 bits per heavy atom. The van der Waals surface area contributed by atoms with Crippen LogP contribution in [0.3, 0.4) is 0 Å². The van der Waals surface area contributed by atoms with Crippen LogP contribution >= 0.6 is 0 Å². The summed E-state index contributed by atoms with van der Waals surface area (Å²) in [7, 11) is 0. The summed E-state index contributed by atoms with van der Waals surface area (Å²) in [5, 5.41) is 6.95. The molecule has 1 aliphatic heterocycles. The molecule has 1 atom stereocenters. The lowest BCUT2D eigenvalue weighted by molar-refractivity contribution is -0.127. The Balaban J connectivity index is 1.86. The number of likely N-dealkylation sites (tertiary alicyclic amines) is 1. The van der Waals surface area contributed by atoms with E-state index in [9.17, 15) is 9.59 Å². The number of amides is 2. The minimum atomic E-state index is -0.452. The number of nitrogens with zero attached hydrogens (tertiary/aromatic N) is 2. The summed E-state index contributed by atoms with van der Waals surface area (Å²) in [6.45, 7) is 10.5. The van der Waals surface area contributed by atoms with Crippen molar-refractivity contribution >= 4 is 11.8 Å². The van der Waals surface area contributed by atoms with Crippen molar-refractivity contribution < 1.29 is 14.1 Å². The van der Waals surface area contributed by atoms with Crippen molar-refractivity contribution in [1.82, 2.24) is 15.4 Å². The Hall–Kier alpha value is -2.63. The monoisotopic (exact) mass is 383 g/mol. The Morgan fingerprint density at radius 2 is 1.82 bits per heavy atom. The highest BCUT2D eigenvalue weighted by Crippen LogP contribution is 2.30. The van der Waals surface area contributed by atoms with E-state index in [1.54, 1.807) is 11.0 Å². The minimum Gasteiger partial charge on any atom is -0.355 e. The van der Waals surface area contributed by atoms with Gasteiger partial charge in [0.1, 0.15) is 6.04 Å². The number of aryl methyl sites for hydroxylation is 3. The van der Waals surface area contributed by atoms with Gasteiger partial charge in [0.2, 0.25) is 5.91 Å². The van der Waals surface area contributed by atoms with Crippen LogP contribution in [-0.2, 0) is 4.79 Å². The fourth-order valence-corrected chi connectivity index (χ4v) is 4.04. The molecule has 1 N–H and O–H groups in total. The van der Waals surface area contributed by atoms with E-state index >= 15 is 0 Å². The fraction of sp³-hybridized carbons (Fsp3) is 0.500. The van der Waals surface area contributed by atoms with Crippen LogP contribution in [0.5, 0.6) is 0 Å². The van der Waals surface area contributed by atoms with Crippen molar-refractivity contribution in [1.29, 1.82) is 0 Å². The molecule has 2 aromatic rings. The van der Waals surface area contributed by atoms with E-state index in [0.717, 1.165) is 29.5 Å². The molecule has 2 amide bonds. The zero-order valence-corrected chi connectivity index (χ0v) is 17.3. The number of nitrogens with one attached hydrogen (secondary N) is 1. The topological polar surface area (TPSA) is 75.4 Å². The molecule has 28 heavy (non-hydrogen) atoms. The van der Waals surface area contributed by atoms with Crippen molar-refractivity contribution in [2.24, 2.45) is 0 Å². The summed E-state index contributed by atoms with van der Waals surface area (Å²) in [4.78, 5) is 27.3. The van der Waals surface area contributed by atoms with E-state index < -0.39 is 6.04 Å². The first-order chi connectivity index (χ1) is 13.3. The molecule has 1 aliphatic rings. The van der Waals surface area contributed by atoms with Crippen LogP contribution in [0, 0.1) is 20.8 Å². The first-order valence-electron chi connectivity index (χ1n) is 9.94. The van der Waals surface area contributed by atoms with Gasteiger partial charge < -0.3 is 14.7 Å². The van der Waals surface area contributed by atoms with Gasteiger partial charge in [0.15, 0.2) is 11.5 Å². The maximum absolute atomic E-state index is 13.1. The van der Waals surface area contributed by atoms with Gasteiger partial charge in [-0.1, -0.05) is 22.9 Å². The number of carbonyl (C=O) groups is 2. The molecule has 150 valence electrons. The largest absolute Gasteiger partial charge is 0.355 e. The van der Waals surface area contributed by atoms with Crippen LogP contribution in [0.25, 0.3) is 11.3 Å². The van der Waals surface area contributed by atoms with Gasteiger partial charge in [-0.25, -0.2) is 0 Å². The molecule has 1 aromatic heterocycles. The van der Waals surface area contributed by atoms with Gasteiger partial charge in [0, 0.05) is 24.2 Å². The molecular formula is C22H29N3O3.